The van der Waals surface area contributed by atoms with Crippen molar-refractivity contribution in [2.75, 3.05) is 0 Å². The van der Waals surface area contributed by atoms with Crippen LogP contribution in [0.3, 0.4) is 0 Å². The number of fused-ring (bicyclic) bond motifs is 9. The zero-order valence-corrected chi connectivity index (χ0v) is 28.2. The molecule has 0 saturated heterocycles. The van der Waals surface area contributed by atoms with Crippen LogP contribution in [-0.2, 0) is 0 Å². The van der Waals surface area contributed by atoms with E-state index in [2.05, 4.69) is 179 Å². The fourth-order valence-electron chi connectivity index (χ4n) is 7.90. The van der Waals surface area contributed by atoms with Crippen LogP contribution in [0.5, 0.6) is 0 Å². The lowest BCUT2D eigenvalue weighted by atomic mass is 10.0. The first kappa shape index (κ1) is 28.3. The predicted octanol–water partition coefficient (Wildman–Crippen LogP) is 12.4. The molecule has 238 valence electrons. The highest BCUT2D eigenvalue weighted by molar-refractivity contribution is 7.26. The number of aromatic nitrogens is 4. The van der Waals surface area contributed by atoms with Crippen molar-refractivity contribution < 1.29 is 0 Å². The molecule has 5 heteroatoms. The number of rotatable bonds is 4. The van der Waals surface area contributed by atoms with Crippen LogP contribution in [0, 0.1) is 0 Å². The number of hydrogen-bond acceptors (Lipinski definition) is 3. The minimum atomic E-state index is 0.699. The second-order valence-electron chi connectivity index (χ2n) is 13.0. The molecule has 7 aromatic carbocycles. The van der Waals surface area contributed by atoms with Crippen molar-refractivity contribution in [3.8, 4) is 34.0 Å². The summed E-state index contributed by atoms with van der Waals surface area (Å²) in [7, 11) is 0. The van der Waals surface area contributed by atoms with Crippen LogP contribution < -0.4 is 0 Å². The average Bonchev–Trinajstić information content (AvgIpc) is 3.85. The molecule has 11 rings (SSSR count). The van der Waals surface area contributed by atoms with Crippen LogP contribution in [0.15, 0.2) is 170 Å². The minimum Gasteiger partial charge on any atom is -0.309 e. The maximum atomic E-state index is 5.57. The largest absolute Gasteiger partial charge is 0.309 e. The van der Waals surface area contributed by atoms with Gasteiger partial charge in [0.15, 0.2) is 11.6 Å². The van der Waals surface area contributed by atoms with E-state index in [0.29, 0.717) is 5.82 Å². The van der Waals surface area contributed by atoms with E-state index in [1.165, 1.54) is 37.4 Å². The molecule has 0 N–H and O–H groups in total. The van der Waals surface area contributed by atoms with E-state index in [4.69, 9.17) is 9.97 Å². The third-order valence-corrected chi connectivity index (χ3v) is 11.3. The van der Waals surface area contributed by atoms with Gasteiger partial charge in [0, 0.05) is 37.2 Å². The third-order valence-electron chi connectivity index (χ3n) is 10.2. The van der Waals surface area contributed by atoms with Crippen LogP contribution in [0.25, 0.3) is 97.9 Å². The van der Waals surface area contributed by atoms with Crippen LogP contribution >= 0.6 is 11.3 Å². The molecule has 4 heterocycles. The lowest BCUT2D eigenvalue weighted by Crippen LogP contribution is -2.04. The number of nitrogens with zero attached hydrogens (tertiary/aromatic N) is 4. The van der Waals surface area contributed by atoms with E-state index in [1.54, 1.807) is 11.3 Å². The Bertz CT molecular complexity index is 3090. The smallest absolute Gasteiger partial charge is 0.164 e. The Morgan fingerprint density at radius 3 is 1.73 bits per heavy atom. The summed E-state index contributed by atoms with van der Waals surface area (Å²) in [5.74, 6) is 1.59. The van der Waals surface area contributed by atoms with Crippen molar-refractivity contribution in [2.24, 2.45) is 0 Å². The maximum Gasteiger partial charge on any atom is 0.164 e. The highest BCUT2D eigenvalue weighted by atomic mass is 32.1. The van der Waals surface area contributed by atoms with Gasteiger partial charge in [0.2, 0.25) is 0 Å². The summed E-state index contributed by atoms with van der Waals surface area (Å²) < 4.78 is 6.99. The van der Waals surface area contributed by atoms with Gasteiger partial charge in [-0.15, -0.1) is 11.3 Å². The molecule has 0 aliphatic heterocycles. The summed E-state index contributed by atoms with van der Waals surface area (Å²) in [5.41, 5.74) is 9.96. The summed E-state index contributed by atoms with van der Waals surface area (Å²) in [6, 6.07) is 60.5. The summed E-state index contributed by atoms with van der Waals surface area (Å²) in [6.07, 6.45) is 0. The molecular weight excluding hydrogens is 641 g/mol. The molecule has 4 nitrogen and oxygen atoms in total. The van der Waals surface area contributed by atoms with Gasteiger partial charge < -0.3 is 4.57 Å². The van der Waals surface area contributed by atoms with Gasteiger partial charge in [-0.1, -0.05) is 121 Å². The molecule has 0 unspecified atom stereocenters. The number of hydrogen-bond donors (Lipinski definition) is 0. The summed E-state index contributed by atoms with van der Waals surface area (Å²) in [5, 5.41) is 5.99. The highest BCUT2D eigenvalue weighted by Crippen LogP contribution is 2.42. The van der Waals surface area contributed by atoms with E-state index < -0.39 is 0 Å². The van der Waals surface area contributed by atoms with Crippen molar-refractivity contribution >= 4 is 75.3 Å². The zero-order valence-electron chi connectivity index (χ0n) is 27.4. The van der Waals surface area contributed by atoms with Gasteiger partial charge in [0.1, 0.15) is 0 Å². The second kappa shape index (κ2) is 11.0. The van der Waals surface area contributed by atoms with Crippen molar-refractivity contribution in [2.45, 2.75) is 0 Å². The van der Waals surface area contributed by atoms with Crippen LogP contribution in [0.4, 0.5) is 0 Å². The Morgan fingerprint density at radius 1 is 0.412 bits per heavy atom. The molecular formula is C46H28N4S. The normalized spacial score (nSPS) is 11.9. The Morgan fingerprint density at radius 2 is 0.980 bits per heavy atom. The van der Waals surface area contributed by atoms with Crippen LogP contribution in [0.2, 0.25) is 0 Å². The minimum absolute atomic E-state index is 0.699. The molecule has 0 aliphatic carbocycles. The number of thiophene rings is 1. The monoisotopic (exact) mass is 668 g/mol. The Labute approximate surface area is 297 Å². The maximum absolute atomic E-state index is 5.57. The van der Waals surface area contributed by atoms with E-state index >= 15 is 0 Å². The van der Waals surface area contributed by atoms with Crippen molar-refractivity contribution in [1.29, 1.82) is 0 Å². The standard InChI is InChI=1S/C46H28N4S/c1-2-14-29(15-3-1)30-26-27-41-36(28-30)33-18-6-11-23-39(33)50(41)46-44-43(35-20-8-13-25-42(35)51-44)47-45(48-46)34-19-7-12-24-40(34)49-37-21-9-4-16-31(37)32-17-5-10-22-38(32)49/h1-28H. The fourth-order valence-corrected chi connectivity index (χ4v) is 9.02. The quantitative estimate of drug-likeness (QED) is 0.187. The first-order valence-electron chi connectivity index (χ1n) is 17.2. The van der Waals surface area contributed by atoms with Gasteiger partial charge >= 0.3 is 0 Å². The van der Waals surface area contributed by atoms with Gasteiger partial charge in [-0.05, 0) is 59.7 Å². The Kier molecular flexibility index (Phi) is 6.09. The number of benzene rings is 7. The lowest BCUT2D eigenvalue weighted by molar-refractivity contribution is 1.07. The predicted molar refractivity (Wildman–Crippen MR) is 214 cm³/mol. The molecule has 0 spiro atoms. The van der Waals surface area contributed by atoms with Crippen molar-refractivity contribution in [3.63, 3.8) is 0 Å². The first-order chi connectivity index (χ1) is 25.3. The molecule has 0 aliphatic rings. The van der Waals surface area contributed by atoms with Crippen molar-refractivity contribution in [3.05, 3.63) is 170 Å². The molecule has 0 fully saturated rings. The molecule has 4 aromatic heterocycles. The fraction of sp³-hybridized carbons (Fsp3) is 0. The van der Waals surface area contributed by atoms with Crippen LogP contribution in [0.1, 0.15) is 0 Å². The molecule has 11 aromatic rings. The van der Waals surface area contributed by atoms with Gasteiger partial charge in [-0.3, -0.25) is 4.57 Å². The average molecular weight is 669 g/mol. The van der Waals surface area contributed by atoms with E-state index in [9.17, 15) is 0 Å². The van der Waals surface area contributed by atoms with Gasteiger partial charge in [-0.25, -0.2) is 9.97 Å². The highest BCUT2D eigenvalue weighted by Gasteiger charge is 2.23. The van der Waals surface area contributed by atoms with E-state index in [1.807, 2.05) is 0 Å². The SMILES string of the molecule is c1ccc(-c2ccc3c(c2)c2ccccc2n3-c2nc(-c3ccccc3-n3c4ccccc4c4ccccc43)nc3c2sc2ccccc23)cc1. The lowest BCUT2D eigenvalue weighted by Gasteiger charge is -2.15. The third kappa shape index (κ3) is 4.19. The van der Waals surface area contributed by atoms with Gasteiger partial charge in [0.25, 0.3) is 0 Å². The molecule has 0 radical (unpaired) electrons. The van der Waals surface area contributed by atoms with E-state index in [-0.39, 0.29) is 0 Å². The molecule has 0 saturated carbocycles. The summed E-state index contributed by atoms with van der Waals surface area (Å²) in [4.78, 5) is 11.0. The second-order valence-corrected chi connectivity index (χ2v) is 14.0. The molecule has 0 atom stereocenters. The summed E-state index contributed by atoms with van der Waals surface area (Å²) >= 11 is 1.76. The zero-order chi connectivity index (χ0) is 33.5. The van der Waals surface area contributed by atoms with E-state index in [0.717, 1.165) is 54.7 Å². The first-order valence-corrected chi connectivity index (χ1v) is 18.0. The van der Waals surface area contributed by atoms with Crippen LogP contribution in [-0.4, -0.2) is 19.1 Å². The Hall–Kier alpha value is -6.56. The van der Waals surface area contributed by atoms with Crippen molar-refractivity contribution in [1.82, 2.24) is 19.1 Å². The topological polar surface area (TPSA) is 35.6 Å². The Balaban J connectivity index is 1.24. The molecule has 0 bridgehead atoms. The summed E-state index contributed by atoms with van der Waals surface area (Å²) in [6.45, 7) is 0. The van der Waals surface area contributed by atoms with Gasteiger partial charge in [0.05, 0.1) is 38.0 Å². The van der Waals surface area contributed by atoms with Gasteiger partial charge in [-0.2, -0.15) is 0 Å². The molecule has 0 amide bonds. The number of para-hydroxylation sites is 4. The molecule has 51 heavy (non-hydrogen) atoms.